The number of nitrogens with zero attached hydrogens (tertiary/aromatic N) is 2. The maximum Gasteiger partial charge on any atom is 0.0547 e. The van der Waals surface area contributed by atoms with Gasteiger partial charge in [-0.15, -0.1) is 0 Å². The Labute approximate surface area is 408 Å². The van der Waals surface area contributed by atoms with E-state index < -0.39 is 0 Å². The number of benzene rings is 12. The highest BCUT2D eigenvalue weighted by molar-refractivity contribution is 6.14. The number of hydrogen-bond acceptors (Lipinski definition) is 1. The number of rotatable bonds is 9. The van der Waals surface area contributed by atoms with Gasteiger partial charge in [0.2, 0.25) is 0 Å². The predicted octanol–water partition coefficient (Wildman–Crippen LogP) is 18.9. The van der Waals surface area contributed by atoms with Crippen LogP contribution in [-0.2, 0) is 0 Å². The first kappa shape index (κ1) is 41.0. The molecule has 0 aliphatic rings. The van der Waals surface area contributed by atoms with Crippen LogP contribution in [-0.4, -0.2) is 4.57 Å². The number of para-hydroxylation sites is 2. The average molecular weight is 891 g/mol. The molecule has 2 nitrogen and oxygen atoms in total. The molecule has 0 saturated carbocycles. The highest BCUT2D eigenvalue weighted by Gasteiger charge is 2.23. The fourth-order valence-electron chi connectivity index (χ4n) is 10.7. The molecule has 0 unspecified atom stereocenters. The molecule has 0 saturated heterocycles. The zero-order chi connectivity index (χ0) is 46.4. The normalized spacial score (nSPS) is 11.4. The Kier molecular flexibility index (Phi) is 10.2. The van der Waals surface area contributed by atoms with E-state index in [9.17, 15) is 0 Å². The van der Waals surface area contributed by atoms with Gasteiger partial charge in [0.1, 0.15) is 0 Å². The van der Waals surface area contributed by atoms with Crippen LogP contribution < -0.4 is 4.90 Å². The minimum absolute atomic E-state index is 1.07. The third-order valence-electron chi connectivity index (χ3n) is 14.0. The van der Waals surface area contributed by atoms with Crippen molar-refractivity contribution in [2.75, 3.05) is 4.90 Å². The van der Waals surface area contributed by atoms with Gasteiger partial charge in [0.15, 0.2) is 0 Å². The van der Waals surface area contributed by atoms with Crippen LogP contribution in [0.2, 0.25) is 0 Å². The molecule has 1 heterocycles. The first-order valence-corrected chi connectivity index (χ1v) is 24.1. The zero-order valence-electron chi connectivity index (χ0n) is 38.5. The Morgan fingerprint density at radius 1 is 0.243 bits per heavy atom. The zero-order valence-corrected chi connectivity index (χ0v) is 38.5. The van der Waals surface area contributed by atoms with Crippen molar-refractivity contribution < 1.29 is 0 Å². The lowest BCUT2D eigenvalue weighted by atomic mass is 9.90. The van der Waals surface area contributed by atoms with E-state index in [1.807, 2.05) is 0 Å². The fraction of sp³-hybridized carbons (Fsp3) is 0. The van der Waals surface area contributed by atoms with Crippen LogP contribution in [0.3, 0.4) is 0 Å². The van der Waals surface area contributed by atoms with Crippen molar-refractivity contribution >= 4 is 60.4 Å². The lowest BCUT2D eigenvalue weighted by Gasteiger charge is -2.30. The van der Waals surface area contributed by atoms with Gasteiger partial charge >= 0.3 is 0 Å². The second-order valence-electron chi connectivity index (χ2n) is 18.1. The van der Waals surface area contributed by atoms with Crippen molar-refractivity contribution in [3.05, 3.63) is 279 Å². The summed E-state index contributed by atoms with van der Waals surface area (Å²) in [5.41, 5.74) is 18.4. The SMILES string of the molecule is c1ccc(-c2cccc(N(c3ccc(-c4ccccc4)c(-c4cccc5ccccc45)c3)c3ccc(-c4ccccc4-n4c5ccccc5c5cc6ccccc6cc54)cc3-c3ccccc3)c2)cc1. The summed E-state index contributed by atoms with van der Waals surface area (Å²) in [7, 11) is 0. The average Bonchev–Trinajstić information content (AvgIpc) is 3.76. The van der Waals surface area contributed by atoms with Crippen molar-refractivity contribution in [3.8, 4) is 61.3 Å². The van der Waals surface area contributed by atoms with Gasteiger partial charge in [0.25, 0.3) is 0 Å². The van der Waals surface area contributed by atoms with Gasteiger partial charge in [-0.05, 0) is 127 Å². The summed E-state index contributed by atoms with van der Waals surface area (Å²) >= 11 is 0. The highest BCUT2D eigenvalue weighted by atomic mass is 15.1. The van der Waals surface area contributed by atoms with Crippen LogP contribution in [0.1, 0.15) is 0 Å². The van der Waals surface area contributed by atoms with Crippen LogP contribution in [0.4, 0.5) is 17.1 Å². The molecular formula is C68H46N2. The first-order valence-electron chi connectivity index (χ1n) is 24.1. The van der Waals surface area contributed by atoms with E-state index in [1.54, 1.807) is 0 Å². The van der Waals surface area contributed by atoms with E-state index in [0.717, 1.165) is 50.6 Å². The monoisotopic (exact) mass is 890 g/mol. The lowest BCUT2D eigenvalue weighted by Crippen LogP contribution is -2.12. The van der Waals surface area contributed by atoms with Gasteiger partial charge in [0.05, 0.1) is 22.4 Å². The van der Waals surface area contributed by atoms with Crippen LogP contribution in [0.15, 0.2) is 279 Å². The Hall–Kier alpha value is -9.24. The summed E-state index contributed by atoms with van der Waals surface area (Å²) in [6.45, 7) is 0. The van der Waals surface area contributed by atoms with Gasteiger partial charge in [-0.1, -0.05) is 218 Å². The van der Waals surface area contributed by atoms with Crippen molar-refractivity contribution in [2.45, 2.75) is 0 Å². The van der Waals surface area contributed by atoms with E-state index in [4.69, 9.17) is 0 Å². The third kappa shape index (κ3) is 7.22. The molecule has 1 aromatic heterocycles. The minimum atomic E-state index is 1.07. The number of fused-ring (bicyclic) bond motifs is 5. The molecule has 0 atom stereocenters. The van der Waals surface area contributed by atoms with Crippen molar-refractivity contribution in [3.63, 3.8) is 0 Å². The molecule has 0 radical (unpaired) electrons. The molecule has 13 aromatic rings. The van der Waals surface area contributed by atoms with Crippen molar-refractivity contribution in [1.82, 2.24) is 4.57 Å². The number of anilines is 3. The van der Waals surface area contributed by atoms with E-state index in [2.05, 4.69) is 289 Å². The van der Waals surface area contributed by atoms with Crippen molar-refractivity contribution in [1.29, 1.82) is 0 Å². The second kappa shape index (κ2) is 17.4. The quantitative estimate of drug-likeness (QED) is 0.140. The van der Waals surface area contributed by atoms with Gasteiger partial charge in [-0.25, -0.2) is 0 Å². The van der Waals surface area contributed by atoms with Crippen LogP contribution in [0.25, 0.3) is 105 Å². The highest BCUT2D eigenvalue weighted by Crippen LogP contribution is 2.47. The Bertz CT molecular complexity index is 4050. The molecule has 0 aliphatic heterocycles. The minimum Gasteiger partial charge on any atom is -0.310 e. The summed E-state index contributed by atoms with van der Waals surface area (Å²) in [5.74, 6) is 0. The first-order chi connectivity index (χ1) is 34.7. The topological polar surface area (TPSA) is 8.17 Å². The van der Waals surface area contributed by atoms with E-state index >= 15 is 0 Å². The van der Waals surface area contributed by atoms with Crippen LogP contribution in [0, 0.1) is 0 Å². The molecule has 0 spiro atoms. The molecule has 0 N–H and O–H groups in total. The molecule has 0 amide bonds. The Morgan fingerprint density at radius 2 is 0.814 bits per heavy atom. The summed E-state index contributed by atoms with van der Waals surface area (Å²) in [4.78, 5) is 2.46. The largest absolute Gasteiger partial charge is 0.310 e. The van der Waals surface area contributed by atoms with Gasteiger partial charge in [-0.2, -0.15) is 0 Å². The van der Waals surface area contributed by atoms with Gasteiger partial charge in [0, 0.05) is 33.3 Å². The smallest absolute Gasteiger partial charge is 0.0547 e. The second-order valence-corrected chi connectivity index (χ2v) is 18.1. The molecular weight excluding hydrogens is 845 g/mol. The molecule has 0 bridgehead atoms. The van der Waals surface area contributed by atoms with Gasteiger partial charge in [-0.3, -0.25) is 0 Å². The van der Waals surface area contributed by atoms with Crippen LogP contribution >= 0.6 is 0 Å². The van der Waals surface area contributed by atoms with Crippen molar-refractivity contribution in [2.24, 2.45) is 0 Å². The summed E-state index contributed by atoms with van der Waals surface area (Å²) in [6, 6.07) is 102. The fourth-order valence-corrected chi connectivity index (χ4v) is 10.7. The molecule has 0 fully saturated rings. The predicted molar refractivity (Wildman–Crippen MR) is 298 cm³/mol. The molecule has 328 valence electrons. The van der Waals surface area contributed by atoms with Gasteiger partial charge < -0.3 is 9.47 Å². The standard InChI is InChI=1S/C68H46N2/c1-4-20-47(21-5-1)51-30-18-31-55(42-51)69(56-39-40-58(48-22-6-2-7-23-48)63(46-56)60-35-19-29-49-26-12-13-32-57(49)60)67-41-38-54(44-62(67)50-24-8-3-9-25-50)59-33-14-16-36-65(59)70-66-37-17-15-34-61(66)64-43-52-27-10-11-28-53(52)45-68(64)70/h1-46H. The maximum atomic E-state index is 2.47. The Balaban J connectivity index is 1.06. The molecule has 13 rings (SSSR count). The van der Waals surface area contributed by atoms with E-state index in [1.165, 1.54) is 71.2 Å². The number of aromatic nitrogens is 1. The maximum absolute atomic E-state index is 2.47. The molecule has 2 heteroatoms. The van der Waals surface area contributed by atoms with Crippen LogP contribution in [0.5, 0.6) is 0 Å². The van der Waals surface area contributed by atoms with E-state index in [0.29, 0.717) is 0 Å². The third-order valence-corrected chi connectivity index (χ3v) is 14.0. The van der Waals surface area contributed by atoms with E-state index in [-0.39, 0.29) is 0 Å². The summed E-state index contributed by atoms with van der Waals surface area (Å²) in [6.07, 6.45) is 0. The Morgan fingerprint density at radius 3 is 1.60 bits per heavy atom. The lowest BCUT2D eigenvalue weighted by molar-refractivity contribution is 1.18. The molecule has 0 aliphatic carbocycles. The summed E-state index contributed by atoms with van der Waals surface area (Å²) < 4.78 is 2.47. The summed E-state index contributed by atoms with van der Waals surface area (Å²) in [5, 5.41) is 7.40. The number of hydrogen-bond donors (Lipinski definition) is 0. The molecule has 70 heavy (non-hydrogen) atoms. The molecule has 12 aromatic carbocycles.